The zero-order valence-corrected chi connectivity index (χ0v) is 18.8. The fourth-order valence-electron chi connectivity index (χ4n) is 3.47. The number of methoxy groups -OCH3 is 3. The number of carbonyl (C=O) groups excluding carboxylic acids is 1. The first kappa shape index (κ1) is 22.5. The van der Waals surface area contributed by atoms with Crippen molar-refractivity contribution in [1.29, 1.82) is 0 Å². The second kappa shape index (κ2) is 10.2. The number of nitrogens with zero attached hydrogens (tertiary/aromatic N) is 2. The van der Waals surface area contributed by atoms with Crippen LogP contribution < -0.4 is 9.47 Å². The van der Waals surface area contributed by atoms with Crippen LogP contribution in [0.3, 0.4) is 0 Å². The smallest absolute Gasteiger partial charge is 0.259 e. The van der Waals surface area contributed by atoms with Gasteiger partial charge in [0.25, 0.3) is 5.91 Å². The van der Waals surface area contributed by atoms with Crippen molar-refractivity contribution in [2.45, 2.75) is 18.1 Å². The quantitative estimate of drug-likeness (QED) is 0.361. The molecule has 2 aromatic rings. The van der Waals surface area contributed by atoms with Gasteiger partial charge in [-0.3, -0.25) is 9.78 Å². The Morgan fingerprint density at radius 3 is 2.67 bits per heavy atom. The Balaban J connectivity index is 1.88. The van der Waals surface area contributed by atoms with Gasteiger partial charge in [0.1, 0.15) is 37.7 Å². The molecule has 0 N–H and O–H groups in total. The third-order valence-electron chi connectivity index (χ3n) is 4.94. The first-order valence-corrected chi connectivity index (χ1v) is 10.1. The number of amides is 1. The van der Waals surface area contributed by atoms with Crippen molar-refractivity contribution < 1.29 is 28.5 Å². The minimum absolute atomic E-state index is 0.0396. The summed E-state index contributed by atoms with van der Waals surface area (Å²) in [5.41, 5.74) is -0.517. The molecular formula is C21H25BrN2O6. The van der Waals surface area contributed by atoms with E-state index in [-0.39, 0.29) is 32.5 Å². The van der Waals surface area contributed by atoms with Crippen LogP contribution in [0.4, 0.5) is 0 Å². The second-order valence-electron chi connectivity index (χ2n) is 6.75. The maximum absolute atomic E-state index is 13.2. The zero-order chi connectivity index (χ0) is 21.6. The molecule has 0 unspecified atom stereocenters. The van der Waals surface area contributed by atoms with Gasteiger partial charge in [-0.05, 0) is 34.1 Å². The Bertz CT molecular complexity index is 867. The maximum Gasteiger partial charge on any atom is 0.259 e. The normalized spacial score (nSPS) is 20.7. The summed E-state index contributed by atoms with van der Waals surface area (Å²) in [4.78, 5) is 19.1. The molecule has 1 aromatic carbocycles. The summed E-state index contributed by atoms with van der Waals surface area (Å²) in [7, 11) is 4.64. The number of ether oxygens (including phenoxy) is 5. The van der Waals surface area contributed by atoms with Crippen LogP contribution in [0.5, 0.6) is 11.5 Å². The number of likely N-dealkylation sites (tertiary alicyclic amines) is 1. The molecule has 3 rings (SSSR count). The monoisotopic (exact) mass is 480 g/mol. The molecule has 2 atom stereocenters. The lowest BCUT2D eigenvalue weighted by atomic mass is 9.78. The van der Waals surface area contributed by atoms with Crippen LogP contribution in [0, 0.1) is 0 Å². The number of hydrogen-bond acceptors (Lipinski definition) is 7. The number of pyridine rings is 1. The lowest BCUT2D eigenvalue weighted by Crippen LogP contribution is -2.77. The van der Waals surface area contributed by atoms with Crippen molar-refractivity contribution in [3.05, 3.63) is 52.8 Å². The number of rotatable bonds is 11. The van der Waals surface area contributed by atoms with Crippen LogP contribution in [0.1, 0.15) is 5.69 Å². The van der Waals surface area contributed by atoms with E-state index in [1.54, 1.807) is 37.4 Å². The average molecular weight is 481 g/mol. The van der Waals surface area contributed by atoms with Crippen LogP contribution in [-0.2, 0) is 25.4 Å². The molecule has 1 aliphatic heterocycles. The zero-order valence-electron chi connectivity index (χ0n) is 17.2. The molecule has 0 radical (unpaired) electrons. The van der Waals surface area contributed by atoms with E-state index in [2.05, 4.69) is 20.9 Å². The molecule has 9 heteroatoms. The highest BCUT2D eigenvalue weighted by Gasteiger charge is 2.62. The van der Waals surface area contributed by atoms with Gasteiger partial charge in [-0.1, -0.05) is 12.1 Å². The number of halogens is 1. The molecule has 1 fully saturated rings. The molecule has 0 spiro atoms. The molecule has 1 aliphatic rings. The third kappa shape index (κ3) is 4.59. The molecule has 162 valence electrons. The van der Waals surface area contributed by atoms with E-state index in [1.165, 1.54) is 7.11 Å². The van der Waals surface area contributed by atoms with Gasteiger partial charge in [0, 0.05) is 38.6 Å². The summed E-state index contributed by atoms with van der Waals surface area (Å²) >= 11 is 3.48. The van der Waals surface area contributed by atoms with E-state index in [0.717, 1.165) is 4.47 Å². The van der Waals surface area contributed by atoms with Gasteiger partial charge in [0.2, 0.25) is 0 Å². The standard InChI is InChI=1S/C21H25BrN2O6/c1-26-13-24-19(12-29-18-7-5-4-6-17(18)22)21(20(24)25,30-14-27-2)11-15-10-16(28-3)8-9-23-15/h4-10,19H,11-14H2,1-3H3/t19-,21+/m0/s1. The predicted octanol–water partition coefficient (Wildman–Crippen LogP) is 2.65. The average Bonchev–Trinajstić information content (AvgIpc) is 2.77. The Kier molecular flexibility index (Phi) is 7.65. The van der Waals surface area contributed by atoms with Crippen LogP contribution in [0.2, 0.25) is 0 Å². The number of aromatic nitrogens is 1. The van der Waals surface area contributed by atoms with Crippen molar-refractivity contribution in [1.82, 2.24) is 9.88 Å². The molecule has 0 bridgehead atoms. The molecule has 30 heavy (non-hydrogen) atoms. The number of carbonyl (C=O) groups is 1. The molecule has 1 aromatic heterocycles. The molecule has 0 aliphatic carbocycles. The first-order chi connectivity index (χ1) is 14.6. The van der Waals surface area contributed by atoms with Crippen molar-refractivity contribution >= 4 is 21.8 Å². The minimum atomic E-state index is -1.19. The Morgan fingerprint density at radius 1 is 1.17 bits per heavy atom. The fraction of sp³-hybridized carbons (Fsp3) is 0.429. The van der Waals surface area contributed by atoms with Crippen molar-refractivity contribution in [3.8, 4) is 11.5 Å². The lowest BCUT2D eigenvalue weighted by molar-refractivity contribution is -0.236. The van der Waals surface area contributed by atoms with Gasteiger partial charge in [0.05, 0.1) is 11.6 Å². The second-order valence-corrected chi connectivity index (χ2v) is 7.61. The number of hydrogen-bond donors (Lipinski definition) is 0. The van der Waals surface area contributed by atoms with Gasteiger partial charge < -0.3 is 28.6 Å². The van der Waals surface area contributed by atoms with Crippen LogP contribution >= 0.6 is 15.9 Å². The van der Waals surface area contributed by atoms with Gasteiger partial charge in [-0.25, -0.2) is 0 Å². The van der Waals surface area contributed by atoms with Gasteiger partial charge in [-0.2, -0.15) is 0 Å². The molecule has 1 saturated heterocycles. The largest absolute Gasteiger partial charge is 0.497 e. The van der Waals surface area contributed by atoms with Gasteiger partial charge in [0.15, 0.2) is 5.60 Å². The lowest BCUT2D eigenvalue weighted by Gasteiger charge is -2.54. The molecule has 8 nitrogen and oxygen atoms in total. The summed E-state index contributed by atoms with van der Waals surface area (Å²) in [6, 6.07) is 10.7. The minimum Gasteiger partial charge on any atom is -0.497 e. The summed E-state index contributed by atoms with van der Waals surface area (Å²) in [6.07, 6.45) is 1.89. The predicted molar refractivity (Wildman–Crippen MR) is 112 cm³/mol. The molecule has 0 saturated carbocycles. The maximum atomic E-state index is 13.2. The molecular weight excluding hydrogens is 456 g/mol. The van der Waals surface area contributed by atoms with E-state index < -0.39 is 11.6 Å². The third-order valence-corrected chi connectivity index (χ3v) is 5.60. The highest BCUT2D eigenvalue weighted by molar-refractivity contribution is 9.10. The summed E-state index contributed by atoms with van der Waals surface area (Å²) < 4.78 is 28.4. The highest BCUT2D eigenvalue weighted by Crippen LogP contribution is 2.38. The first-order valence-electron chi connectivity index (χ1n) is 9.35. The molecule has 2 heterocycles. The number of β-lactam (4-membered cyclic amide) rings is 1. The van der Waals surface area contributed by atoms with Crippen LogP contribution in [0.15, 0.2) is 47.1 Å². The summed E-state index contributed by atoms with van der Waals surface area (Å²) in [5, 5.41) is 0. The van der Waals surface area contributed by atoms with E-state index in [9.17, 15) is 4.79 Å². The van der Waals surface area contributed by atoms with E-state index in [0.29, 0.717) is 17.2 Å². The van der Waals surface area contributed by atoms with Crippen molar-refractivity contribution in [2.24, 2.45) is 0 Å². The number of benzene rings is 1. The highest BCUT2D eigenvalue weighted by atomic mass is 79.9. The summed E-state index contributed by atoms with van der Waals surface area (Å²) in [6.45, 7) is 0.305. The fourth-order valence-corrected chi connectivity index (χ4v) is 3.87. The number of para-hydroxylation sites is 1. The Labute approximate surface area is 184 Å². The Morgan fingerprint density at radius 2 is 1.97 bits per heavy atom. The van der Waals surface area contributed by atoms with E-state index in [1.807, 2.05) is 24.3 Å². The van der Waals surface area contributed by atoms with Crippen LogP contribution in [-0.4, -0.2) is 68.9 Å². The Hall–Kier alpha value is -2.20. The van der Waals surface area contributed by atoms with Crippen molar-refractivity contribution in [3.63, 3.8) is 0 Å². The van der Waals surface area contributed by atoms with Gasteiger partial charge >= 0.3 is 0 Å². The van der Waals surface area contributed by atoms with Crippen molar-refractivity contribution in [2.75, 3.05) is 41.5 Å². The SMILES string of the molecule is COCO[C@@]1(Cc2cc(OC)ccn2)C(=O)N(COC)[C@H]1COc1ccccc1Br. The van der Waals surface area contributed by atoms with E-state index >= 15 is 0 Å². The molecule has 1 amide bonds. The van der Waals surface area contributed by atoms with E-state index in [4.69, 9.17) is 23.7 Å². The summed E-state index contributed by atoms with van der Waals surface area (Å²) in [5.74, 6) is 1.13. The topological polar surface area (TPSA) is 79.4 Å². The van der Waals surface area contributed by atoms with Crippen LogP contribution in [0.25, 0.3) is 0 Å². The van der Waals surface area contributed by atoms with Gasteiger partial charge in [-0.15, -0.1) is 0 Å².